The van der Waals surface area contributed by atoms with Crippen molar-refractivity contribution < 1.29 is 28.5 Å². The van der Waals surface area contributed by atoms with Crippen LogP contribution < -0.4 is 14.2 Å². The molecular weight excluding hydrogens is 312 g/mol. The van der Waals surface area contributed by atoms with Crippen LogP contribution in [-0.4, -0.2) is 31.8 Å². The quantitative estimate of drug-likeness (QED) is 0.599. The zero-order valence-corrected chi connectivity index (χ0v) is 13.1. The van der Waals surface area contributed by atoms with Crippen molar-refractivity contribution in [2.24, 2.45) is 0 Å². The zero-order chi connectivity index (χ0) is 16.9. The first-order chi connectivity index (χ1) is 11.6. The molecule has 0 aliphatic carbocycles. The molecule has 0 spiro atoms. The van der Waals surface area contributed by atoms with Crippen LogP contribution in [0.2, 0.25) is 0 Å². The molecule has 1 heterocycles. The van der Waals surface area contributed by atoms with Crippen molar-refractivity contribution >= 4 is 11.8 Å². The van der Waals surface area contributed by atoms with Gasteiger partial charge in [-0.15, -0.1) is 0 Å². The Morgan fingerprint density at radius 3 is 2.71 bits per heavy atom. The number of Topliss-reactive ketones (excluding diaryl/α,β-unsaturated/α-hetero) is 1. The Morgan fingerprint density at radius 1 is 1.04 bits per heavy atom. The highest BCUT2D eigenvalue weighted by Gasteiger charge is 2.17. The van der Waals surface area contributed by atoms with Gasteiger partial charge in [0.25, 0.3) is 0 Å². The number of esters is 1. The van der Waals surface area contributed by atoms with E-state index in [-0.39, 0.29) is 25.8 Å². The van der Waals surface area contributed by atoms with Gasteiger partial charge < -0.3 is 18.9 Å². The predicted molar refractivity (Wildman–Crippen MR) is 84.5 cm³/mol. The maximum absolute atomic E-state index is 12.1. The molecule has 0 aromatic heterocycles. The van der Waals surface area contributed by atoms with Crippen molar-refractivity contribution in [2.75, 3.05) is 20.0 Å². The molecule has 0 atom stereocenters. The SMILES string of the molecule is Cc1cccc(OCC(=O)OCC(=O)c2ccc3c(c2)OCO3)c1. The molecule has 124 valence electrons. The van der Waals surface area contributed by atoms with Gasteiger partial charge in [-0.3, -0.25) is 4.79 Å². The molecule has 0 amide bonds. The topological polar surface area (TPSA) is 71.1 Å². The molecule has 0 saturated heterocycles. The van der Waals surface area contributed by atoms with E-state index in [1.807, 2.05) is 25.1 Å². The summed E-state index contributed by atoms with van der Waals surface area (Å²) < 4.78 is 20.7. The summed E-state index contributed by atoms with van der Waals surface area (Å²) in [5.74, 6) is 0.752. The van der Waals surface area contributed by atoms with Crippen LogP contribution in [0.15, 0.2) is 42.5 Å². The molecule has 1 aliphatic rings. The molecule has 2 aromatic rings. The molecule has 3 rings (SSSR count). The summed E-state index contributed by atoms with van der Waals surface area (Å²) in [5.41, 5.74) is 1.42. The van der Waals surface area contributed by atoms with Gasteiger partial charge in [0.05, 0.1) is 0 Å². The Bertz CT molecular complexity index is 768. The summed E-state index contributed by atoms with van der Waals surface area (Å²) in [7, 11) is 0. The average molecular weight is 328 g/mol. The van der Waals surface area contributed by atoms with Gasteiger partial charge in [-0.1, -0.05) is 12.1 Å². The molecule has 0 bridgehead atoms. The van der Waals surface area contributed by atoms with Gasteiger partial charge in [0.15, 0.2) is 30.5 Å². The number of rotatable bonds is 6. The Hall–Kier alpha value is -3.02. The third-order valence-electron chi connectivity index (χ3n) is 3.41. The minimum atomic E-state index is -0.606. The second-order valence-corrected chi connectivity index (χ2v) is 5.26. The number of hydrogen-bond donors (Lipinski definition) is 0. The second kappa shape index (κ2) is 7.04. The van der Waals surface area contributed by atoms with Gasteiger partial charge in [-0.05, 0) is 42.8 Å². The summed E-state index contributed by atoms with van der Waals surface area (Å²) >= 11 is 0. The highest BCUT2D eigenvalue weighted by atomic mass is 16.7. The van der Waals surface area contributed by atoms with Gasteiger partial charge in [-0.2, -0.15) is 0 Å². The van der Waals surface area contributed by atoms with E-state index < -0.39 is 5.97 Å². The number of fused-ring (bicyclic) bond motifs is 1. The Kier molecular flexibility index (Phi) is 4.65. The van der Waals surface area contributed by atoms with E-state index in [0.29, 0.717) is 22.8 Å². The molecule has 0 radical (unpaired) electrons. The zero-order valence-electron chi connectivity index (χ0n) is 13.1. The highest BCUT2D eigenvalue weighted by Crippen LogP contribution is 2.32. The molecule has 0 fully saturated rings. The van der Waals surface area contributed by atoms with Gasteiger partial charge in [0, 0.05) is 5.56 Å². The molecule has 2 aromatic carbocycles. The number of carbonyl (C=O) groups excluding carboxylic acids is 2. The molecule has 24 heavy (non-hydrogen) atoms. The van der Waals surface area contributed by atoms with Crippen molar-refractivity contribution in [3.8, 4) is 17.2 Å². The van der Waals surface area contributed by atoms with Crippen LogP contribution >= 0.6 is 0 Å². The molecule has 0 N–H and O–H groups in total. The van der Waals surface area contributed by atoms with Crippen molar-refractivity contribution in [1.29, 1.82) is 0 Å². The fraction of sp³-hybridized carbons (Fsp3) is 0.222. The average Bonchev–Trinajstić information content (AvgIpc) is 3.05. The van der Waals surface area contributed by atoms with Crippen LogP contribution in [0, 0.1) is 6.92 Å². The first-order valence-electron chi connectivity index (χ1n) is 7.40. The summed E-state index contributed by atoms with van der Waals surface area (Å²) in [4.78, 5) is 23.7. The van der Waals surface area contributed by atoms with E-state index in [2.05, 4.69) is 0 Å². The summed E-state index contributed by atoms with van der Waals surface area (Å²) in [6.45, 7) is 1.46. The van der Waals surface area contributed by atoms with E-state index in [1.165, 1.54) is 0 Å². The number of hydrogen-bond acceptors (Lipinski definition) is 6. The molecule has 6 nitrogen and oxygen atoms in total. The van der Waals surface area contributed by atoms with Gasteiger partial charge >= 0.3 is 5.97 Å². The smallest absolute Gasteiger partial charge is 0.344 e. The fourth-order valence-electron chi connectivity index (χ4n) is 2.19. The first-order valence-corrected chi connectivity index (χ1v) is 7.40. The Labute approximate surface area is 138 Å². The van der Waals surface area contributed by atoms with Crippen molar-refractivity contribution in [3.63, 3.8) is 0 Å². The van der Waals surface area contributed by atoms with Gasteiger partial charge in [0.1, 0.15) is 5.75 Å². The van der Waals surface area contributed by atoms with Crippen LogP contribution in [0.5, 0.6) is 17.2 Å². The maximum atomic E-state index is 12.1. The number of ketones is 1. The van der Waals surface area contributed by atoms with E-state index >= 15 is 0 Å². The summed E-state index contributed by atoms with van der Waals surface area (Å²) in [6, 6.07) is 12.1. The van der Waals surface area contributed by atoms with E-state index in [9.17, 15) is 9.59 Å². The van der Waals surface area contributed by atoms with Crippen molar-refractivity contribution in [3.05, 3.63) is 53.6 Å². The Balaban J connectivity index is 1.48. The minimum absolute atomic E-state index is 0.137. The van der Waals surface area contributed by atoms with Crippen molar-refractivity contribution in [2.45, 2.75) is 6.92 Å². The largest absolute Gasteiger partial charge is 0.482 e. The lowest BCUT2D eigenvalue weighted by molar-refractivity contribution is -0.144. The summed E-state index contributed by atoms with van der Waals surface area (Å²) in [6.07, 6.45) is 0. The molecule has 0 saturated carbocycles. The first kappa shape index (κ1) is 15.9. The number of aryl methyl sites for hydroxylation is 1. The fourth-order valence-corrected chi connectivity index (χ4v) is 2.19. The number of carbonyl (C=O) groups is 2. The lowest BCUT2D eigenvalue weighted by Gasteiger charge is -2.07. The van der Waals surface area contributed by atoms with Gasteiger partial charge in [0.2, 0.25) is 6.79 Å². The van der Waals surface area contributed by atoms with Crippen LogP contribution in [0.3, 0.4) is 0 Å². The van der Waals surface area contributed by atoms with E-state index in [0.717, 1.165) is 5.56 Å². The second-order valence-electron chi connectivity index (χ2n) is 5.26. The third-order valence-corrected chi connectivity index (χ3v) is 3.41. The van der Waals surface area contributed by atoms with E-state index in [1.54, 1.807) is 24.3 Å². The molecule has 0 unspecified atom stereocenters. The van der Waals surface area contributed by atoms with Crippen molar-refractivity contribution in [1.82, 2.24) is 0 Å². The van der Waals surface area contributed by atoms with Crippen LogP contribution in [0.1, 0.15) is 15.9 Å². The molecular formula is C18H16O6. The minimum Gasteiger partial charge on any atom is -0.482 e. The molecule has 1 aliphatic heterocycles. The normalized spacial score (nSPS) is 11.9. The van der Waals surface area contributed by atoms with Crippen LogP contribution in [0.4, 0.5) is 0 Å². The highest BCUT2D eigenvalue weighted by molar-refractivity contribution is 5.98. The van der Waals surface area contributed by atoms with Gasteiger partial charge in [-0.25, -0.2) is 4.79 Å². The maximum Gasteiger partial charge on any atom is 0.344 e. The lowest BCUT2D eigenvalue weighted by Crippen LogP contribution is -2.19. The van der Waals surface area contributed by atoms with Crippen LogP contribution in [-0.2, 0) is 9.53 Å². The number of benzene rings is 2. The summed E-state index contributed by atoms with van der Waals surface area (Å²) in [5, 5.41) is 0. The van der Waals surface area contributed by atoms with E-state index in [4.69, 9.17) is 18.9 Å². The van der Waals surface area contributed by atoms with Crippen LogP contribution in [0.25, 0.3) is 0 Å². The predicted octanol–water partition coefficient (Wildman–Crippen LogP) is 2.53. The number of ether oxygens (including phenoxy) is 4. The third kappa shape index (κ3) is 3.84. The molecule has 6 heteroatoms. The monoisotopic (exact) mass is 328 g/mol. The Morgan fingerprint density at radius 2 is 1.88 bits per heavy atom. The standard InChI is InChI=1S/C18H16O6/c1-12-3-2-4-14(7-12)21-10-18(20)22-9-15(19)13-5-6-16-17(8-13)24-11-23-16/h2-8H,9-11H2,1H3. The lowest BCUT2D eigenvalue weighted by atomic mass is 10.1.